The molecule has 1 atom stereocenters. The molecule has 1 aromatic carbocycles. The number of carbonyl (C=O) groups is 1. The number of hydrogen-bond donors (Lipinski definition) is 1. The van der Waals surface area contributed by atoms with Gasteiger partial charge in [-0.15, -0.1) is 12.4 Å². The van der Waals surface area contributed by atoms with Crippen molar-refractivity contribution in [2.24, 2.45) is 11.1 Å². The minimum atomic E-state index is -1.08. The third-order valence-electron chi connectivity index (χ3n) is 3.84. The Morgan fingerprint density at radius 3 is 2.52 bits per heavy atom. The van der Waals surface area contributed by atoms with Crippen LogP contribution < -0.4 is 5.73 Å². The maximum Gasteiger partial charge on any atom is 0.255 e. The maximum absolute atomic E-state index is 13.3. The van der Waals surface area contributed by atoms with Gasteiger partial charge < -0.3 is 10.6 Å². The molecule has 1 fully saturated rings. The van der Waals surface area contributed by atoms with Crippen molar-refractivity contribution >= 4 is 29.9 Å². The number of nitrogens with two attached hydrogens (primary N) is 1. The highest BCUT2D eigenvalue weighted by Crippen LogP contribution is 2.30. The summed E-state index contributed by atoms with van der Waals surface area (Å²) in [7, 11) is 0. The van der Waals surface area contributed by atoms with Gasteiger partial charge in [-0.25, -0.2) is 8.78 Å². The van der Waals surface area contributed by atoms with Crippen LogP contribution in [0, 0.1) is 17.0 Å². The molecule has 0 bridgehead atoms. The van der Waals surface area contributed by atoms with Gasteiger partial charge in [0.15, 0.2) is 11.6 Å². The zero-order valence-corrected chi connectivity index (χ0v) is 13.4. The van der Waals surface area contributed by atoms with E-state index >= 15 is 0 Å². The molecule has 1 aliphatic heterocycles. The summed E-state index contributed by atoms with van der Waals surface area (Å²) in [5, 5.41) is -0.0819. The van der Waals surface area contributed by atoms with Crippen LogP contribution in [0.4, 0.5) is 8.78 Å². The second-order valence-corrected chi connectivity index (χ2v) is 6.26. The molecule has 2 N–H and O–H groups in total. The van der Waals surface area contributed by atoms with E-state index in [1.54, 1.807) is 4.90 Å². The number of nitrogens with zero attached hydrogens (tertiary/aromatic N) is 1. The zero-order chi connectivity index (χ0) is 15.1. The molecule has 21 heavy (non-hydrogen) atoms. The molecule has 0 radical (unpaired) electrons. The van der Waals surface area contributed by atoms with E-state index in [2.05, 4.69) is 0 Å². The number of piperidine rings is 1. The zero-order valence-electron chi connectivity index (χ0n) is 11.8. The largest absolute Gasteiger partial charge is 0.338 e. The average Bonchev–Trinajstić information content (AvgIpc) is 2.36. The molecule has 1 saturated heterocycles. The summed E-state index contributed by atoms with van der Waals surface area (Å²) < 4.78 is 26.3. The fourth-order valence-electron chi connectivity index (χ4n) is 2.40. The number of rotatable bonds is 1. The first-order valence-electron chi connectivity index (χ1n) is 6.42. The Kier molecular flexibility index (Phi) is 5.58. The normalized spacial score (nSPS) is 20.9. The summed E-state index contributed by atoms with van der Waals surface area (Å²) >= 11 is 5.84. The van der Waals surface area contributed by atoms with Crippen LogP contribution in [0.2, 0.25) is 5.02 Å². The van der Waals surface area contributed by atoms with E-state index in [0.717, 1.165) is 12.1 Å². The summed E-state index contributed by atoms with van der Waals surface area (Å²) in [6.07, 6.45) is 0.667. The highest BCUT2D eigenvalue weighted by Gasteiger charge is 2.36. The van der Waals surface area contributed by atoms with Crippen molar-refractivity contribution in [1.82, 2.24) is 4.90 Å². The molecular formula is C14H18Cl2F2N2O. The molecule has 1 heterocycles. The lowest BCUT2D eigenvalue weighted by Gasteiger charge is -2.42. The van der Waals surface area contributed by atoms with Gasteiger partial charge in [0.1, 0.15) is 0 Å². The summed E-state index contributed by atoms with van der Waals surface area (Å²) in [5.74, 6) is -2.54. The molecule has 1 aromatic rings. The van der Waals surface area contributed by atoms with Crippen LogP contribution in [-0.2, 0) is 0 Å². The van der Waals surface area contributed by atoms with Crippen molar-refractivity contribution in [3.05, 3.63) is 34.4 Å². The van der Waals surface area contributed by atoms with E-state index in [0.29, 0.717) is 19.5 Å². The third-order valence-corrected chi connectivity index (χ3v) is 4.15. The Bertz CT molecular complexity index is 552. The summed E-state index contributed by atoms with van der Waals surface area (Å²) in [5.41, 5.74) is 5.77. The van der Waals surface area contributed by atoms with Gasteiger partial charge in [-0.05, 0) is 24.0 Å². The van der Waals surface area contributed by atoms with Crippen LogP contribution in [0.25, 0.3) is 0 Å². The minimum Gasteiger partial charge on any atom is -0.338 e. The molecule has 3 nitrogen and oxygen atoms in total. The molecule has 0 aliphatic carbocycles. The van der Waals surface area contributed by atoms with Gasteiger partial charge in [-0.3, -0.25) is 4.79 Å². The van der Waals surface area contributed by atoms with Gasteiger partial charge in [0.2, 0.25) is 0 Å². The molecule has 0 aromatic heterocycles. The lowest BCUT2D eigenvalue weighted by molar-refractivity contribution is 0.0532. The molecule has 1 aliphatic rings. The number of likely N-dealkylation sites (tertiary alicyclic amines) is 1. The van der Waals surface area contributed by atoms with Crippen LogP contribution in [0.1, 0.15) is 30.6 Å². The first kappa shape index (κ1) is 18.1. The van der Waals surface area contributed by atoms with Crippen molar-refractivity contribution in [2.45, 2.75) is 26.3 Å². The molecule has 0 saturated carbocycles. The van der Waals surface area contributed by atoms with E-state index in [4.69, 9.17) is 17.3 Å². The van der Waals surface area contributed by atoms with Crippen molar-refractivity contribution < 1.29 is 13.6 Å². The molecule has 118 valence electrons. The van der Waals surface area contributed by atoms with E-state index < -0.39 is 17.5 Å². The van der Waals surface area contributed by atoms with Crippen molar-refractivity contribution in [2.75, 3.05) is 13.1 Å². The lowest BCUT2D eigenvalue weighted by Crippen LogP contribution is -2.54. The standard InChI is InChI=1S/C14H17ClF2N2O.ClH/c1-14(2)7-19(4-3-12(14)18)13(20)8-5-10(16)11(17)6-9(8)15;/h5-6,12H,3-4,7,18H2,1-2H3;1H. The summed E-state index contributed by atoms with van der Waals surface area (Å²) in [6.45, 7) is 4.90. The minimum absolute atomic E-state index is 0. The SMILES string of the molecule is CC1(C)CN(C(=O)c2cc(F)c(F)cc2Cl)CCC1N.Cl. The fourth-order valence-corrected chi connectivity index (χ4v) is 2.64. The number of carbonyl (C=O) groups excluding carboxylic acids is 1. The van der Waals surface area contributed by atoms with Gasteiger partial charge in [-0.2, -0.15) is 0 Å². The fraction of sp³-hybridized carbons (Fsp3) is 0.500. The van der Waals surface area contributed by atoms with E-state index in [-0.39, 0.29) is 34.4 Å². The second-order valence-electron chi connectivity index (χ2n) is 5.86. The Balaban J connectivity index is 0.00000220. The average molecular weight is 339 g/mol. The van der Waals surface area contributed by atoms with Crippen molar-refractivity contribution in [3.63, 3.8) is 0 Å². The van der Waals surface area contributed by atoms with Crippen LogP contribution in [0.5, 0.6) is 0 Å². The van der Waals surface area contributed by atoms with Crippen LogP contribution in [0.15, 0.2) is 12.1 Å². The second kappa shape index (κ2) is 6.46. The first-order chi connectivity index (χ1) is 9.22. The number of benzene rings is 1. The van der Waals surface area contributed by atoms with Crippen LogP contribution in [0.3, 0.4) is 0 Å². The lowest BCUT2D eigenvalue weighted by atomic mass is 9.79. The van der Waals surface area contributed by atoms with E-state index in [1.165, 1.54) is 0 Å². The Hall–Kier alpha value is -0.910. The highest BCUT2D eigenvalue weighted by molar-refractivity contribution is 6.33. The first-order valence-corrected chi connectivity index (χ1v) is 6.79. The molecule has 7 heteroatoms. The van der Waals surface area contributed by atoms with Gasteiger partial charge in [0.25, 0.3) is 5.91 Å². The Labute approximate surface area is 133 Å². The monoisotopic (exact) mass is 338 g/mol. The van der Waals surface area contributed by atoms with Gasteiger partial charge in [0.05, 0.1) is 10.6 Å². The number of hydrogen-bond acceptors (Lipinski definition) is 2. The molecule has 1 amide bonds. The predicted octanol–water partition coefficient (Wildman–Crippen LogP) is 3.24. The van der Waals surface area contributed by atoms with E-state index in [1.807, 2.05) is 13.8 Å². The van der Waals surface area contributed by atoms with Gasteiger partial charge in [-0.1, -0.05) is 25.4 Å². The third kappa shape index (κ3) is 3.65. The Morgan fingerprint density at radius 1 is 1.38 bits per heavy atom. The quantitative estimate of drug-likeness (QED) is 0.799. The molecular weight excluding hydrogens is 321 g/mol. The maximum atomic E-state index is 13.3. The van der Waals surface area contributed by atoms with Gasteiger partial charge in [0, 0.05) is 19.1 Å². The highest BCUT2D eigenvalue weighted by atomic mass is 35.5. The predicted molar refractivity (Wildman–Crippen MR) is 80.9 cm³/mol. The number of amides is 1. The van der Waals surface area contributed by atoms with Gasteiger partial charge >= 0.3 is 0 Å². The van der Waals surface area contributed by atoms with Crippen molar-refractivity contribution in [3.8, 4) is 0 Å². The Morgan fingerprint density at radius 2 is 1.95 bits per heavy atom. The van der Waals surface area contributed by atoms with Crippen molar-refractivity contribution in [1.29, 1.82) is 0 Å². The summed E-state index contributed by atoms with van der Waals surface area (Å²) in [6, 6.07) is 1.68. The smallest absolute Gasteiger partial charge is 0.255 e. The summed E-state index contributed by atoms with van der Waals surface area (Å²) in [4.78, 5) is 14.0. The topological polar surface area (TPSA) is 46.3 Å². The molecule has 0 spiro atoms. The van der Waals surface area contributed by atoms with E-state index in [9.17, 15) is 13.6 Å². The van der Waals surface area contributed by atoms with Crippen LogP contribution >= 0.6 is 24.0 Å². The molecule has 2 rings (SSSR count). The van der Waals surface area contributed by atoms with Crippen LogP contribution in [-0.4, -0.2) is 29.9 Å². The molecule has 1 unspecified atom stereocenters. The number of halogens is 4.